The predicted octanol–water partition coefficient (Wildman–Crippen LogP) is 5.04. The molecule has 0 bridgehead atoms. The minimum atomic E-state index is -2.80. The Kier molecular flexibility index (Phi) is 6.43. The molecule has 1 atom stereocenters. The van der Waals surface area contributed by atoms with E-state index in [0.29, 0.717) is 33.3 Å². The molecule has 1 aliphatic carbocycles. The topological polar surface area (TPSA) is 102 Å². The number of carbonyl (C=O) groups is 1. The summed E-state index contributed by atoms with van der Waals surface area (Å²) >= 11 is 0. The zero-order valence-electron chi connectivity index (χ0n) is 21.1. The number of carbonyl (C=O) groups excluding carboxylic acids is 1. The number of aliphatic imine (C=N–C) groups is 1. The molecule has 0 saturated heterocycles. The number of aromatic nitrogens is 3. The van der Waals surface area contributed by atoms with Crippen molar-refractivity contribution in [2.45, 2.75) is 43.9 Å². The van der Waals surface area contributed by atoms with E-state index in [4.69, 9.17) is 0 Å². The zero-order chi connectivity index (χ0) is 26.5. The Morgan fingerprint density at radius 2 is 2.03 bits per heavy atom. The summed E-state index contributed by atoms with van der Waals surface area (Å²) in [6, 6.07) is 7.11. The first-order chi connectivity index (χ1) is 17.6. The summed E-state index contributed by atoms with van der Waals surface area (Å²) in [4.78, 5) is 21.6. The molecule has 1 aliphatic heterocycles. The summed E-state index contributed by atoms with van der Waals surface area (Å²) in [6.07, 6.45) is 2.56. The standard InChI is InChI=1S/C26H28F2N6O2S/c1-14-13-34(3)33-24(14)16-7-8-18(23(9-16)37(4,36)29-2)31-19-10-17(11-22(35)15-5-6-15)30-20-12-21(26(27)28)32-25(19)20/h7-10,13,15,26H,5-6,11-12H2,1-4H3,(H,30,31). The first-order valence-corrected chi connectivity index (χ1v) is 13.9. The van der Waals surface area contributed by atoms with Gasteiger partial charge < -0.3 is 5.32 Å². The summed E-state index contributed by atoms with van der Waals surface area (Å²) in [5.41, 5.74) is 4.41. The number of nitrogens with zero attached hydrogens (tertiary/aromatic N) is 5. The number of alkyl halides is 2. The number of aryl methyl sites for hydroxylation is 2. The van der Waals surface area contributed by atoms with Crippen LogP contribution in [0.1, 0.15) is 29.8 Å². The molecular formula is C26H28F2N6O2S. The smallest absolute Gasteiger partial charge is 0.277 e. The fourth-order valence-corrected chi connectivity index (χ4v) is 5.58. The van der Waals surface area contributed by atoms with E-state index in [-0.39, 0.29) is 30.3 Å². The Hall–Kier alpha value is -3.47. The van der Waals surface area contributed by atoms with E-state index < -0.39 is 16.2 Å². The molecule has 1 unspecified atom stereocenters. The van der Waals surface area contributed by atoms with E-state index in [1.165, 1.54) is 7.05 Å². The second-order valence-corrected chi connectivity index (χ2v) is 12.0. The lowest BCUT2D eigenvalue weighted by atomic mass is 10.1. The number of ketones is 1. The van der Waals surface area contributed by atoms with Gasteiger partial charge in [0.1, 0.15) is 11.5 Å². The van der Waals surface area contributed by atoms with Crippen LogP contribution in [0.5, 0.6) is 0 Å². The van der Waals surface area contributed by atoms with Gasteiger partial charge in [-0.2, -0.15) is 5.10 Å². The van der Waals surface area contributed by atoms with Gasteiger partial charge in [0.05, 0.1) is 48.8 Å². The van der Waals surface area contributed by atoms with Crippen molar-refractivity contribution in [3.63, 3.8) is 0 Å². The van der Waals surface area contributed by atoms with Crippen molar-refractivity contribution >= 4 is 38.3 Å². The molecule has 2 aromatic heterocycles. The minimum absolute atomic E-state index is 0.0597. The van der Waals surface area contributed by atoms with Crippen LogP contribution in [0.3, 0.4) is 0 Å². The number of Topliss-reactive ketones (excluding diaryl/α,β-unsaturated/α-hetero) is 1. The third-order valence-corrected chi connectivity index (χ3v) is 8.51. The number of fused-ring (bicyclic) bond motifs is 1. The van der Waals surface area contributed by atoms with Gasteiger partial charge >= 0.3 is 0 Å². The summed E-state index contributed by atoms with van der Waals surface area (Å²) in [7, 11) is 0.527. The highest BCUT2D eigenvalue weighted by atomic mass is 32.2. The second kappa shape index (κ2) is 9.44. The highest BCUT2D eigenvalue weighted by Gasteiger charge is 2.31. The maximum Gasteiger partial charge on any atom is 0.277 e. The van der Waals surface area contributed by atoms with Crippen molar-refractivity contribution in [2.75, 3.05) is 18.6 Å². The molecule has 3 heterocycles. The lowest BCUT2D eigenvalue weighted by Gasteiger charge is -2.17. The monoisotopic (exact) mass is 526 g/mol. The fourth-order valence-electron chi connectivity index (χ4n) is 4.51. The molecule has 194 valence electrons. The molecule has 1 N–H and O–H groups in total. The van der Waals surface area contributed by atoms with E-state index in [0.717, 1.165) is 29.7 Å². The van der Waals surface area contributed by atoms with Crippen molar-refractivity contribution in [1.29, 1.82) is 0 Å². The van der Waals surface area contributed by atoms with Crippen LogP contribution >= 0.6 is 0 Å². The molecule has 8 nitrogen and oxygen atoms in total. The number of anilines is 2. The molecule has 37 heavy (non-hydrogen) atoms. The van der Waals surface area contributed by atoms with Crippen LogP contribution in [0.25, 0.3) is 11.3 Å². The van der Waals surface area contributed by atoms with E-state index in [1.807, 2.05) is 26.2 Å². The molecule has 1 aromatic carbocycles. The molecule has 11 heteroatoms. The normalized spacial score (nSPS) is 16.4. The molecule has 1 fully saturated rings. The summed E-state index contributed by atoms with van der Waals surface area (Å²) < 4.78 is 46.3. The summed E-state index contributed by atoms with van der Waals surface area (Å²) in [6.45, 7) is 1.95. The molecule has 0 amide bonds. The third kappa shape index (κ3) is 5.04. The zero-order valence-corrected chi connectivity index (χ0v) is 21.9. The van der Waals surface area contributed by atoms with Crippen LogP contribution in [0.4, 0.5) is 25.8 Å². The number of hydrogen-bond donors (Lipinski definition) is 1. The second-order valence-electron chi connectivity index (χ2n) is 9.61. The molecule has 1 saturated carbocycles. The van der Waals surface area contributed by atoms with Crippen LogP contribution in [0, 0.1) is 12.8 Å². The van der Waals surface area contributed by atoms with Gasteiger partial charge in [-0.3, -0.25) is 14.5 Å². The Morgan fingerprint density at radius 3 is 2.65 bits per heavy atom. The number of halogens is 2. The van der Waals surface area contributed by atoms with Gasteiger partial charge in [0.15, 0.2) is 0 Å². The lowest BCUT2D eigenvalue weighted by molar-refractivity contribution is -0.119. The van der Waals surface area contributed by atoms with Crippen molar-refractivity contribution in [1.82, 2.24) is 14.8 Å². The quantitative estimate of drug-likeness (QED) is 0.443. The number of benzene rings is 1. The van der Waals surface area contributed by atoms with Gasteiger partial charge in [-0.25, -0.2) is 22.3 Å². The Labute approximate surface area is 214 Å². The Morgan fingerprint density at radius 1 is 1.27 bits per heavy atom. The van der Waals surface area contributed by atoms with Gasteiger partial charge in [-0.05, 0) is 43.5 Å². The SMILES string of the molecule is CN=S(C)(=O)c1cc(-c2nn(C)cc2C)ccc1Nc1cc(CC(=O)C2CC2)nc2c1N=C(C(F)F)C2. The number of rotatable bonds is 8. The van der Waals surface area contributed by atoms with Gasteiger partial charge in [0.2, 0.25) is 0 Å². The van der Waals surface area contributed by atoms with Crippen molar-refractivity contribution in [3.05, 3.63) is 47.4 Å². The molecule has 0 spiro atoms. The highest BCUT2D eigenvalue weighted by molar-refractivity contribution is 7.93. The average Bonchev–Trinajstić information content (AvgIpc) is 3.52. The van der Waals surface area contributed by atoms with Crippen LogP contribution in [0.2, 0.25) is 0 Å². The average molecular weight is 527 g/mol. The molecule has 0 radical (unpaired) electrons. The third-order valence-electron chi connectivity index (χ3n) is 6.65. The van der Waals surface area contributed by atoms with Gasteiger partial charge in [0.25, 0.3) is 6.43 Å². The van der Waals surface area contributed by atoms with E-state index in [1.54, 1.807) is 29.1 Å². The first-order valence-electron chi connectivity index (χ1n) is 12.0. The van der Waals surface area contributed by atoms with Crippen molar-refractivity contribution < 1.29 is 17.8 Å². The highest BCUT2D eigenvalue weighted by Crippen LogP contribution is 2.40. The maximum atomic E-state index is 13.5. The number of pyridine rings is 1. The molecule has 5 rings (SSSR count). The molecular weight excluding hydrogens is 498 g/mol. The van der Waals surface area contributed by atoms with Gasteiger partial charge in [0, 0.05) is 50.9 Å². The van der Waals surface area contributed by atoms with Crippen molar-refractivity contribution in [2.24, 2.45) is 22.3 Å². The number of nitrogens with one attached hydrogen (secondary N) is 1. The molecule has 2 aliphatic rings. The van der Waals surface area contributed by atoms with Crippen LogP contribution < -0.4 is 5.32 Å². The van der Waals surface area contributed by atoms with E-state index in [2.05, 4.69) is 24.8 Å². The predicted molar refractivity (Wildman–Crippen MR) is 140 cm³/mol. The van der Waals surface area contributed by atoms with Gasteiger partial charge in [-0.15, -0.1) is 0 Å². The van der Waals surface area contributed by atoms with Crippen LogP contribution in [-0.4, -0.2) is 50.2 Å². The summed E-state index contributed by atoms with van der Waals surface area (Å²) in [5.74, 6) is 0.160. The van der Waals surface area contributed by atoms with Crippen LogP contribution in [-0.2, 0) is 34.4 Å². The van der Waals surface area contributed by atoms with E-state index >= 15 is 0 Å². The molecule has 3 aromatic rings. The Balaban J connectivity index is 1.60. The number of hydrogen-bond acceptors (Lipinski definition) is 7. The largest absolute Gasteiger partial charge is 0.353 e. The maximum absolute atomic E-state index is 13.5. The minimum Gasteiger partial charge on any atom is -0.353 e. The van der Waals surface area contributed by atoms with Gasteiger partial charge in [-0.1, -0.05) is 6.07 Å². The van der Waals surface area contributed by atoms with Crippen molar-refractivity contribution in [3.8, 4) is 11.3 Å². The first kappa shape index (κ1) is 25.2. The summed E-state index contributed by atoms with van der Waals surface area (Å²) in [5, 5.41) is 7.78. The Bertz CT molecular complexity index is 1570. The van der Waals surface area contributed by atoms with E-state index in [9.17, 15) is 17.8 Å². The van der Waals surface area contributed by atoms with Crippen LogP contribution in [0.15, 0.2) is 44.7 Å². The fraction of sp³-hybridized carbons (Fsp3) is 0.385. The lowest BCUT2D eigenvalue weighted by Crippen LogP contribution is -2.11.